The molecule has 1 heterocycles. The van der Waals surface area contributed by atoms with Crippen molar-refractivity contribution >= 4 is 21.7 Å². The number of benzene rings is 2. The molecule has 1 unspecified atom stereocenters. The Morgan fingerprint density at radius 3 is 2.53 bits per heavy atom. The number of rotatable bonds is 2. The van der Waals surface area contributed by atoms with Gasteiger partial charge in [-0.15, -0.1) is 0 Å². The topological polar surface area (TPSA) is 30.2 Å². The van der Waals surface area contributed by atoms with Crippen LogP contribution in [0.4, 0.5) is 0 Å². The summed E-state index contributed by atoms with van der Waals surface area (Å²) in [6.07, 6.45) is 1.10. The van der Waals surface area contributed by atoms with E-state index in [0.29, 0.717) is 16.9 Å². The summed E-state index contributed by atoms with van der Waals surface area (Å²) in [5.74, 6) is 0.509. The Kier molecular flexibility index (Phi) is 2.86. The van der Waals surface area contributed by atoms with E-state index in [1.54, 1.807) is 0 Å². The summed E-state index contributed by atoms with van der Waals surface area (Å²) in [6, 6.07) is 13.7. The second-order valence-corrected chi connectivity index (χ2v) is 5.00. The molecule has 0 bridgehead atoms. The minimum Gasteiger partial charge on any atom is -0.422 e. The number of fused-ring (bicyclic) bond motifs is 3. The summed E-state index contributed by atoms with van der Waals surface area (Å²) in [7, 11) is 0. The zero-order valence-corrected chi connectivity index (χ0v) is 11.1. The van der Waals surface area contributed by atoms with Crippen LogP contribution in [0.25, 0.3) is 21.7 Å². The molecule has 0 spiro atoms. The smallest absolute Gasteiger partial charge is 0.344 e. The normalized spacial score (nSPS) is 12.9. The molecule has 96 valence electrons. The van der Waals surface area contributed by atoms with E-state index >= 15 is 0 Å². The van der Waals surface area contributed by atoms with E-state index in [9.17, 15) is 4.79 Å². The second-order valence-electron chi connectivity index (χ2n) is 5.00. The van der Waals surface area contributed by atoms with Crippen LogP contribution in [0.5, 0.6) is 0 Å². The van der Waals surface area contributed by atoms with E-state index in [2.05, 4.69) is 19.9 Å². The van der Waals surface area contributed by atoms with Crippen LogP contribution in [0, 0.1) is 0 Å². The van der Waals surface area contributed by atoms with Crippen LogP contribution in [-0.2, 0) is 0 Å². The minimum absolute atomic E-state index is 0.264. The van der Waals surface area contributed by atoms with Crippen LogP contribution in [-0.4, -0.2) is 0 Å². The fourth-order valence-corrected chi connectivity index (χ4v) is 2.44. The monoisotopic (exact) mass is 252 g/mol. The first-order valence-electron chi connectivity index (χ1n) is 6.66. The first-order chi connectivity index (χ1) is 9.20. The molecule has 0 aliphatic heterocycles. The van der Waals surface area contributed by atoms with Crippen LogP contribution in [0.3, 0.4) is 0 Å². The molecular formula is C17H16O2. The van der Waals surface area contributed by atoms with Crippen molar-refractivity contribution in [2.75, 3.05) is 0 Å². The fourth-order valence-electron chi connectivity index (χ4n) is 2.44. The van der Waals surface area contributed by atoms with Crippen molar-refractivity contribution < 1.29 is 4.42 Å². The van der Waals surface area contributed by atoms with Crippen LogP contribution in [0.15, 0.2) is 51.7 Å². The molecule has 1 atom stereocenters. The molecule has 2 heteroatoms. The fraction of sp³-hybridized carbons (Fsp3) is 0.235. The predicted octanol–water partition coefficient (Wildman–Crippen LogP) is 4.46. The van der Waals surface area contributed by atoms with Crippen molar-refractivity contribution in [3.05, 3.63) is 58.4 Å². The standard InChI is InChI=1S/C17H16O2/c1-3-11(2)12-8-9-16-15(10-12)13-6-4-5-7-14(13)17(18)19-16/h4-11H,3H2,1-2H3. The summed E-state index contributed by atoms with van der Waals surface area (Å²) in [6.45, 7) is 4.39. The lowest BCUT2D eigenvalue weighted by atomic mass is 9.96. The van der Waals surface area contributed by atoms with Gasteiger partial charge in [-0.2, -0.15) is 0 Å². The molecule has 1 aromatic heterocycles. The highest BCUT2D eigenvalue weighted by Gasteiger charge is 2.09. The largest absolute Gasteiger partial charge is 0.422 e. The zero-order chi connectivity index (χ0) is 13.4. The Labute approximate surface area is 111 Å². The molecule has 0 fully saturated rings. The lowest BCUT2D eigenvalue weighted by molar-refractivity contribution is 0.569. The van der Waals surface area contributed by atoms with Gasteiger partial charge in [0.15, 0.2) is 0 Å². The van der Waals surface area contributed by atoms with E-state index in [1.165, 1.54) is 5.56 Å². The van der Waals surface area contributed by atoms with Gasteiger partial charge in [-0.3, -0.25) is 0 Å². The first kappa shape index (κ1) is 12.0. The van der Waals surface area contributed by atoms with Gasteiger partial charge in [0.05, 0.1) is 5.39 Å². The highest BCUT2D eigenvalue weighted by atomic mass is 16.4. The maximum Gasteiger partial charge on any atom is 0.344 e. The molecule has 0 aliphatic rings. The number of hydrogen-bond donors (Lipinski definition) is 0. The summed E-state index contributed by atoms with van der Waals surface area (Å²) >= 11 is 0. The van der Waals surface area contributed by atoms with Crippen molar-refractivity contribution in [1.82, 2.24) is 0 Å². The van der Waals surface area contributed by atoms with Crippen molar-refractivity contribution in [2.24, 2.45) is 0 Å². The lowest BCUT2D eigenvalue weighted by Crippen LogP contribution is -2.00. The molecule has 2 nitrogen and oxygen atoms in total. The molecule has 0 amide bonds. The summed E-state index contributed by atoms with van der Waals surface area (Å²) < 4.78 is 5.39. The highest BCUT2D eigenvalue weighted by molar-refractivity contribution is 6.04. The van der Waals surface area contributed by atoms with Gasteiger partial charge in [-0.25, -0.2) is 4.79 Å². The summed E-state index contributed by atoms with van der Waals surface area (Å²) in [5.41, 5.74) is 1.68. The third kappa shape index (κ3) is 1.93. The molecule has 0 saturated heterocycles. The van der Waals surface area contributed by atoms with E-state index in [4.69, 9.17) is 4.42 Å². The van der Waals surface area contributed by atoms with Crippen LogP contribution in [0.2, 0.25) is 0 Å². The van der Waals surface area contributed by atoms with Crippen molar-refractivity contribution in [3.8, 4) is 0 Å². The van der Waals surface area contributed by atoms with Gasteiger partial charge in [-0.1, -0.05) is 38.1 Å². The lowest BCUT2D eigenvalue weighted by Gasteiger charge is -2.10. The molecule has 0 saturated carbocycles. The second kappa shape index (κ2) is 4.54. The van der Waals surface area contributed by atoms with E-state index in [-0.39, 0.29) is 5.63 Å². The molecule has 19 heavy (non-hydrogen) atoms. The quantitative estimate of drug-likeness (QED) is 0.498. The van der Waals surface area contributed by atoms with Gasteiger partial charge in [0.1, 0.15) is 5.58 Å². The molecular weight excluding hydrogens is 236 g/mol. The minimum atomic E-state index is -0.264. The Morgan fingerprint density at radius 1 is 1.05 bits per heavy atom. The molecule has 3 aromatic rings. The van der Waals surface area contributed by atoms with Crippen LogP contribution in [0.1, 0.15) is 31.7 Å². The van der Waals surface area contributed by atoms with Crippen molar-refractivity contribution in [1.29, 1.82) is 0 Å². The average Bonchev–Trinajstić information content (AvgIpc) is 2.46. The predicted molar refractivity (Wildman–Crippen MR) is 78.7 cm³/mol. The van der Waals surface area contributed by atoms with Gasteiger partial charge in [0.25, 0.3) is 0 Å². The van der Waals surface area contributed by atoms with E-state index in [1.807, 2.05) is 36.4 Å². The Balaban J connectivity index is 2.41. The van der Waals surface area contributed by atoms with E-state index < -0.39 is 0 Å². The van der Waals surface area contributed by atoms with Crippen LogP contribution >= 0.6 is 0 Å². The van der Waals surface area contributed by atoms with Gasteiger partial charge < -0.3 is 4.42 Å². The zero-order valence-electron chi connectivity index (χ0n) is 11.1. The van der Waals surface area contributed by atoms with Crippen LogP contribution < -0.4 is 5.63 Å². The third-order valence-electron chi connectivity index (χ3n) is 3.82. The summed E-state index contributed by atoms with van der Waals surface area (Å²) in [4.78, 5) is 11.9. The van der Waals surface area contributed by atoms with E-state index in [0.717, 1.165) is 17.2 Å². The Bertz CT molecular complexity index is 799. The Morgan fingerprint density at radius 2 is 1.79 bits per heavy atom. The molecule has 2 aromatic carbocycles. The summed E-state index contributed by atoms with van der Waals surface area (Å²) in [5, 5.41) is 2.64. The molecule has 0 aliphatic carbocycles. The third-order valence-corrected chi connectivity index (χ3v) is 3.82. The maximum absolute atomic E-state index is 11.9. The maximum atomic E-state index is 11.9. The molecule has 0 radical (unpaired) electrons. The SMILES string of the molecule is CCC(C)c1ccc2oc(=O)c3ccccc3c2c1. The van der Waals surface area contributed by atoms with Gasteiger partial charge in [-0.05, 0) is 41.5 Å². The van der Waals surface area contributed by atoms with Gasteiger partial charge in [0, 0.05) is 5.39 Å². The van der Waals surface area contributed by atoms with Crippen molar-refractivity contribution in [2.45, 2.75) is 26.2 Å². The average molecular weight is 252 g/mol. The Hall–Kier alpha value is -2.09. The first-order valence-corrected chi connectivity index (χ1v) is 6.66. The molecule has 0 N–H and O–H groups in total. The number of hydrogen-bond acceptors (Lipinski definition) is 2. The van der Waals surface area contributed by atoms with Gasteiger partial charge in [0.2, 0.25) is 0 Å². The molecule has 3 rings (SSSR count). The van der Waals surface area contributed by atoms with Gasteiger partial charge >= 0.3 is 5.63 Å². The van der Waals surface area contributed by atoms with Crippen molar-refractivity contribution in [3.63, 3.8) is 0 Å². The highest BCUT2D eigenvalue weighted by Crippen LogP contribution is 2.27.